The van der Waals surface area contributed by atoms with Crippen molar-refractivity contribution < 1.29 is 19.0 Å². The number of rotatable bonds is 7. The van der Waals surface area contributed by atoms with Gasteiger partial charge in [-0.3, -0.25) is 0 Å². The number of allylic oxidation sites excluding steroid dienone is 1. The van der Waals surface area contributed by atoms with Gasteiger partial charge in [0.25, 0.3) is 0 Å². The number of hydrogen-bond acceptors (Lipinski definition) is 6. The first-order chi connectivity index (χ1) is 12.7. The molecule has 0 amide bonds. The summed E-state index contributed by atoms with van der Waals surface area (Å²) in [5.41, 5.74) is 1.20. The zero-order chi connectivity index (χ0) is 18.8. The molecule has 0 unspecified atom stereocenters. The molecule has 0 saturated carbocycles. The van der Waals surface area contributed by atoms with Gasteiger partial charge in [0, 0.05) is 0 Å². The van der Waals surface area contributed by atoms with Gasteiger partial charge in [0.15, 0.2) is 0 Å². The fraction of sp³-hybridized carbons (Fsp3) is 0.150. The highest BCUT2D eigenvalue weighted by atomic mass is 16.5. The van der Waals surface area contributed by atoms with E-state index in [2.05, 4.69) is 4.74 Å². The van der Waals surface area contributed by atoms with Crippen LogP contribution in [0.25, 0.3) is 6.08 Å². The van der Waals surface area contributed by atoms with Crippen molar-refractivity contribution in [1.82, 2.24) is 0 Å². The zero-order valence-electron chi connectivity index (χ0n) is 14.1. The average molecular weight is 348 g/mol. The van der Waals surface area contributed by atoms with E-state index in [9.17, 15) is 4.79 Å². The zero-order valence-corrected chi connectivity index (χ0v) is 14.1. The van der Waals surface area contributed by atoms with Crippen LogP contribution in [-0.2, 0) is 4.74 Å². The number of nitrogens with zero attached hydrogens (tertiary/aromatic N) is 2. The molecule has 0 aromatic heterocycles. The van der Waals surface area contributed by atoms with Crippen molar-refractivity contribution in [2.45, 2.75) is 0 Å². The minimum atomic E-state index is -0.420. The maximum absolute atomic E-state index is 11.5. The van der Waals surface area contributed by atoms with Crippen LogP contribution in [0, 0.1) is 22.7 Å². The lowest BCUT2D eigenvalue weighted by molar-refractivity contribution is 0.0600. The molecular formula is C20H16N2O4. The molecule has 0 saturated heterocycles. The van der Waals surface area contributed by atoms with E-state index in [1.807, 2.05) is 12.1 Å². The van der Waals surface area contributed by atoms with Crippen LogP contribution in [0.1, 0.15) is 15.9 Å². The van der Waals surface area contributed by atoms with E-state index in [0.717, 1.165) is 5.56 Å². The molecule has 0 aliphatic carbocycles. The summed E-state index contributed by atoms with van der Waals surface area (Å²) in [7, 11) is 1.33. The van der Waals surface area contributed by atoms with Crippen LogP contribution in [-0.4, -0.2) is 26.3 Å². The molecule has 0 heterocycles. The normalized spacial score (nSPS) is 9.35. The van der Waals surface area contributed by atoms with Gasteiger partial charge in [0.2, 0.25) is 0 Å². The van der Waals surface area contributed by atoms with Gasteiger partial charge in [-0.15, -0.1) is 0 Å². The first kappa shape index (κ1) is 18.6. The smallest absolute Gasteiger partial charge is 0.337 e. The molecule has 6 heteroatoms. The van der Waals surface area contributed by atoms with Gasteiger partial charge < -0.3 is 14.2 Å². The fourth-order valence-electron chi connectivity index (χ4n) is 2.07. The van der Waals surface area contributed by atoms with Crippen LogP contribution in [0.4, 0.5) is 0 Å². The average Bonchev–Trinajstić information content (AvgIpc) is 2.70. The predicted octanol–water partition coefficient (Wildman–Crippen LogP) is 3.36. The molecule has 0 aliphatic heterocycles. The van der Waals surface area contributed by atoms with Gasteiger partial charge >= 0.3 is 5.97 Å². The maximum atomic E-state index is 11.5. The van der Waals surface area contributed by atoms with E-state index in [0.29, 0.717) is 30.3 Å². The van der Waals surface area contributed by atoms with Crippen molar-refractivity contribution in [3.05, 3.63) is 65.2 Å². The van der Waals surface area contributed by atoms with Crippen molar-refractivity contribution in [3.8, 4) is 23.6 Å². The quantitative estimate of drug-likeness (QED) is 0.433. The maximum Gasteiger partial charge on any atom is 0.337 e. The van der Waals surface area contributed by atoms with E-state index >= 15 is 0 Å². The number of benzene rings is 2. The third-order valence-corrected chi connectivity index (χ3v) is 3.31. The second kappa shape index (κ2) is 9.51. The van der Waals surface area contributed by atoms with E-state index in [-0.39, 0.29) is 5.57 Å². The molecule has 0 radical (unpaired) electrons. The third-order valence-electron chi connectivity index (χ3n) is 3.31. The Bertz CT molecular complexity index is 858. The van der Waals surface area contributed by atoms with Crippen molar-refractivity contribution >= 4 is 12.0 Å². The van der Waals surface area contributed by atoms with Crippen LogP contribution < -0.4 is 9.47 Å². The Hall–Kier alpha value is -3.77. The lowest BCUT2D eigenvalue weighted by atomic mass is 10.1. The van der Waals surface area contributed by atoms with Gasteiger partial charge in [-0.25, -0.2) is 4.79 Å². The second-order valence-electron chi connectivity index (χ2n) is 5.07. The number of nitriles is 2. The lowest BCUT2D eigenvalue weighted by Crippen LogP contribution is -2.09. The largest absolute Gasteiger partial charge is 0.490 e. The van der Waals surface area contributed by atoms with Gasteiger partial charge in [-0.2, -0.15) is 10.5 Å². The SMILES string of the molecule is COC(=O)c1cccc(OCCOc2ccc(C=C(C#N)C#N)cc2)c1. The van der Waals surface area contributed by atoms with Crippen molar-refractivity contribution in [2.24, 2.45) is 0 Å². The number of carbonyl (C=O) groups is 1. The molecule has 2 rings (SSSR count). The van der Waals surface area contributed by atoms with Gasteiger partial charge in [0.1, 0.15) is 42.4 Å². The first-order valence-electron chi connectivity index (χ1n) is 7.72. The Morgan fingerprint density at radius 3 is 2.27 bits per heavy atom. The summed E-state index contributed by atoms with van der Waals surface area (Å²) in [4.78, 5) is 11.5. The molecule has 0 N–H and O–H groups in total. The molecule has 0 spiro atoms. The molecule has 0 atom stereocenters. The Morgan fingerprint density at radius 2 is 1.65 bits per heavy atom. The van der Waals surface area contributed by atoms with E-state index < -0.39 is 5.97 Å². The number of hydrogen-bond donors (Lipinski definition) is 0. The molecule has 26 heavy (non-hydrogen) atoms. The topological polar surface area (TPSA) is 92.3 Å². The summed E-state index contributed by atoms with van der Waals surface area (Å²) < 4.78 is 15.8. The van der Waals surface area contributed by atoms with Gasteiger partial charge in [-0.1, -0.05) is 18.2 Å². The molecule has 0 fully saturated rings. The Kier molecular flexibility index (Phi) is 6.79. The van der Waals surface area contributed by atoms with E-state index in [4.69, 9.17) is 20.0 Å². The summed E-state index contributed by atoms with van der Waals surface area (Å²) in [5.74, 6) is 0.777. The molecule has 0 aliphatic rings. The van der Waals surface area contributed by atoms with Crippen LogP contribution in [0.5, 0.6) is 11.5 Å². The third kappa shape index (κ3) is 5.40. The van der Waals surface area contributed by atoms with Crippen molar-refractivity contribution in [1.29, 1.82) is 10.5 Å². The molecule has 6 nitrogen and oxygen atoms in total. The standard InChI is InChI=1S/C20H16N2O4/c1-24-20(23)17-3-2-4-19(12-17)26-10-9-25-18-7-5-15(6-8-18)11-16(13-21)14-22/h2-8,11-12H,9-10H2,1H3. The highest BCUT2D eigenvalue weighted by molar-refractivity contribution is 5.89. The summed E-state index contributed by atoms with van der Waals surface area (Å²) in [6, 6.07) is 17.3. The van der Waals surface area contributed by atoms with Crippen LogP contribution in [0.3, 0.4) is 0 Å². The van der Waals surface area contributed by atoms with Crippen LogP contribution in [0.15, 0.2) is 54.1 Å². The summed E-state index contributed by atoms with van der Waals surface area (Å²) in [6.45, 7) is 0.624. The Labute approximate surface area is 151 Å². The second-order valence-corrected chi connectivity index (χ2v) is 5.07. The predicted molar refractivity (Wildman–Crippen MR) is 94.4 cm³/mol. The van der Waals surface area contributed by atoms with Gasteiger partial charge in [0.05, 0.1) is 12.7 Å². The lowest BCUT2D eigenvalue weighted by Gasteiger charge is -2.09. The monoisotopic (exact) mass is 348 g/mol. The summed E-state index contributed by atoms with van der Waals surface area (Å²) >= 11 is 0. The van der Waals surface area contributed by atoms with Crippen LogP contribution in [0.2, 0.25) is 0 Å². The minimum absolute atomic E-state index is 0.0428. The number of carbonyl (C=O) groups excluding carboxylic acids is 1. The molecule has 130 valence electrons. The van der Waals surface area contributed by atoms with Crippen LogP contribution >= 0.6 is 0 Å². The van der Waals surface area contributed by atoms with Crippen molar-refractivity contribution in [3.63, 3.8) is 0 Å². The highest BCUT2D eigenvalue weighted by Gasteiger charge is 2.06. The fourth-order valence-corrected chi connectivity index (χ4v) is 2.07. The molecular weight excluding hydrogens is 332 g/mol. The van der Waals surface area contributed by atoms with Gasteiger partial charge in [-0.05, 0) is 42.0 Å². The minimum Gasteiger partial charge on any atom is -0.490 e. The van der Waals surface area contributed by atoms with E-state index in [1.54, 1.807) is 48.5 Å². The summed E-state index contributed by atoms with van der Waals surface area (Å²) in [6.07, 6.45) is 1.50. The first-order valence-corrected chi connectivity index (χ1v) is 7.72. The highest BCUT2D eigenvalue weighted by Crippen LogP contribution is 2.16. The van der Waals surface area contributed by atoms with E-state index in [1.165, 1.54) is 13.2 Å². The molecule has 0 bridgehead atoms. The molecule has 2 aromatic rings. The Balaban J connectivity index is 1.84. The number of esters is 1. The molecule has 2 aromatic carbocycles. The number of ether oxygens (including phenoxy) is 3. The summed E-state index contributed by atoms with van der Waals surface area (Å²) in [5, 5.41) is 17.5. The number of methoxy groups -OCH3 is 1. The van der Waals surface area contributed by atoms with Crippen molar-refractivity contribution in [2.75, 3.05) is 20.3 Å². The Morgan fingerprint density at radius 1 is 1.00 bits per heavy atom.